The molecule has 1 amide bonds. The van der Waals surface area contributed by atoms with Crippen LogP contribution in [-0.4, -0.2) is 56.5 Å². The van der Waals surface area contributed by atoms with Crippen LogP contribution in [0.2, 0.25) is 0 Å². The Balaban J connectivity index is 1.43. The van der Waals surface area contributed by atoms with Crippen LogP contribution in [0.15, 0.2) is 18.2 Å². The van der Waals surface area contributed by atoms with E-state index in [-0.39, 0.29) is 18.1 Å². The molecule has 1 saturated carbocycles. The van der Waals surface area contributed by atoms with E-state index in [2.05, 4.69) is 4.90 Å². The fraction of sp³-hybridized carbons (Fsp3) is 0.667. The maximum Gasteiger partial charge on any atom is 0.253 e. The van der Waals surface area contributed by atoms with Gasteiger partial charge in [-0.25, -0.2) is 0 Å². The highest BCUT2D eigenvalue weighted by Gasteiger charge is 2.33. The molecular weight excluding hydrogens is 344 g/mol. The van der Waals surface area contributed by atoms with Crippen molar-refractivity contribution < 1.29 is 19.0 Å². The molecule has 3 fully saturated rings. The Kier molecular flexibility index (Phi) is 5.72. The number of anilines is 1. The van der Waals surface area contributed by atoms with E-state index in [1.165, 1.54) is 19.3 Å². The SMILES string of the molecule is COc1ccc(N2COC(C(=O)N3CCCCC3)C2)cc1OC1CCCC1. The number of hydrogen-bond acceptors (Lipinski definition) is 5. The molecule has 1 unspecified atom stereocenters. The molecule has 0 N–H and O–H groups in total. The first-order chi connectivity index (χ1) is 13.2. The minimum atomic E-state index is -0.371. The van der Waals surface area contributed by atoms with Gasteiger partial charge in [0.1, 0.15) is 6.73 Å². The Hall–Kier alpha value is -1.95. The fourth-order valence-corrected chi connectivity index (χ4v) is 4.27. The molecule has 27 heavy (non-hydrogen) atoms. The first-order valence-corrected chi connectivity index (χ1v) is 10.2. The number of hydrogen-bond donors (Lipinski definition) is 0. The lowest BCUT2D eigenvalue weighted by atomic mass is 10.1. The maximum absolute atomic E-state index is 12.7. The predicted molar refractivity (Wildman–Crippen MR) is 103 cm³/mol. The molecule has 2 heterocycles. The summed E-state index contributed by atoms with van der Waals surface area (Å²) in [6.07, 6.45) is 7.99. The monoisotopic (exact) mass is 374 g/mol. The maximum atomic E-state index is 12.7. The molecule has 6 heteroatoms. The molecule has 3 aliphatic rings. The summed E-state index contributed by atoms with van der Waals surface area (Å²) in [4.78, 5) is 16.8. The van der Waals surface area contributed by atoms with Gasteiger partial charge < -0.3 is 24.0 Å². The molecule has 2 aliphatic heterocycles. The number of methoxy groups -OCH3 is 1. The van der Waals surface area contributed by atoms with Crippen molar-refractivity contribution in [2.24, 2.45) is 0 Å². The number of carbonyl (C=O) groups excluding carboxylic acids is 1. The Morgan fingerprint density at radius 2 is 1.85 bits per heavy atom. The number of ether oxygens (including phenoxy) is 3. The summed E-state index contributed by atoms with van der Waals surface area (Å²) in [5.41, 5.74) is 1.01. The van der Waals surface area contributed by atoms with Gasteiger partial charge in [0.15, 0.2) is 17.6 Å². The van der Waals surface area contributed by atoms with Gasteiger partial charge in [-0.2, -0.15) is 0 Å². The highest BCUT2D eigenvalue weighted by atomic mass is 16.5. The molecule has 0 radical (unpaired) electrons. The Bertz CT molecular complexity index is 654. The molecular formula is C21H30N2O4. The number of nitrogens with zero attached hydrogens (tertiary/aromatic N) is 2. The zero-order chi connectivity index (χ0) is 18.6. The summed E-state index contributed by atoms with van der Waals surface area (Å²) in [5, 5.41) is 0. The lowest BCUT2D eigenvalue weighted by molar-refractivity contribution is -0.141. The standard InChI is InChI=1S/C21H30N2O4/c1-25-18-10-9-16(13-19(18)27-17-7-3-4-8-17)23-14-20(26-15-23)21(24)22-11-5-2-6-12-22/h9-10,13,17,20H,2-8,11-12,14-15H2,1H3. The molecule has 148 valence electrons. The van der Waals surface area contributed by atoms with Gasteiger partial charge in [-0.1, -0.05) is 0 Å². The highest BCUT2D eigenvalue weighted by molar-refractivity contribution is 5.82. The number of amides is 1. The van der Waals surface area contributed by atoms with E-state index >= 15 is 0 Å². The molecule has 2 saturated heterocycles. The molecule has 0 spiro atoms. The van der Waals surface area contributed by atoms with Gasteiger partial charge in [0.2, 0.25) is 0 Å². The average Bonchev–Trinajstić information content (AvgIpc) is 3.40. The van der Waals surface area contributed by atoms with E-state index in [1.54, 1.807) is 7.11 Å². The van der Waals surface area contributed by atoms with Gasteiger partial charge in [-0.3, -0.25) is 4.79 Å². The molecule has 1 aromatic rings. The van der Waals surface area contributed by atoms with Crippen molar-refractivity contribution in [1.82, 2.24) is 4.90 Å². The van der Waals surface area contributed by atoms with Crippen LogP contribution in [0.1, 0.15) is 44.9 Å². The third-order valence-corrected chi connectivity index (χ3v) is 5.87. The van der Waals surface area contributed by atoms with Gasteiger partial charge in [0, 0.05) is 24.8 Å². The summed E-state index contributed by atoms with van der Waals surface area (Å²) in [6.45, 7) is 2.74. The summed E-state index contributed by atoms with van der Waals surface area (Å²) in [7, 11) is 1.67. The minimum Gasteiger partial charge on any atom is -0.493 e. The van der Waals surface area contributed by atoms with Crippen molar-refractivity contribution in [3.8, 4) is 11.5 Å². The number of benzene rings is 1. The Labute approximate surface area is 161 Å². The van der Waals surface area contributed by atoms with E-state index < -0.39 is 0 Å². The van der Waals surface area contributed by atoms with Crippen LogP contribution in [0.25, 0.3) is 0 Å². The highest BCUT2D eigenvalue weighted by Crippen LogP contribution is 2.36. The van der Waals surface area contributed by atoms with Crippen LogP contribution in [0.3, 0.4) is 0 Å². The number of likely N-dealkylation sites (tertiary alicyclic amines) is 1. The van der Waals surface area contributed by atoms with Crippen LogP contribution in [0, 0.1) is 0 Å². The van der Waals surface area contributed by atoms with Crippen molar-refractivity contribution in [2.45, 2.75) is 57.2 Å². The van der Waals surface area contributed by atoms with Crippen molar-refractivity contribution >= 4 is 11.6 Å². The van der Waals surface area contributed by atoms with Gasteiger partial charge in [0.05, 0.1) is 19.8 Å². The van der Waals surface area contributed by atoms with Crippen LogP contribution in [0.5, 0.6) is 11.5 Å². The zero-order valence-electron chi connectivity index (χ0n) is 16.2. The Morgan fingerprint density at radius 1 is 1.07 bits per heavy atom. The Morgan fingerprint density at radius 3 is 2.59 bits per heavy atom. The van der Waals surface area contributed by atoms with E-state index in [4.69, 9.17) is 14.2 Å². The normalized spacial score (nSPS) is 23.7. The minimum absolute atomic E-state index is 0.133. The number of carbonyl (C=O) groups is 1. The van der Waals surface area contributed by atoms with Gasteiger partial charge in [-0.15, -0.1) is 0 Å². The van der Waals surface area contributed by atoms with Crippen LogP contribution in [0.4, 0.5) is 5.69 Å². The van der Waals surface area contributed by atoms with Gasteiger partial charge >= 0.3 is 0 Å². The van der Waals surface area contributed by atoms with Crippen molar-refractivity contribution in [3.63, 3.8) is 0 Å². The summed E-state index contributed by atoms with van der Waals surface area (Å²) < 4.78 is 17.5. The molecule has 0 bridgehead atoms. The second kappa shape index (κ2) is 8.38. The fourth-order valence-electron chi connectivity index (χ4n) is 4.27. The summed E-state index contributed by atoms with van der Waals surface area (Å²) >= 11 is 0. The lowest BCUT2D eigenvalue weighted by Gasteiger charge is -2.28. The van der Waals surface area contributed by atoms with Crippen molar-refractivity contribution in [3.05, 3.63) is 18.2 Å². The molecule has 1 atom stereocenters. The zero-order valence-corrected chi connectivity index (χ0v) is 16.2. The molecule has 1 aliphatic carbocycles. The largest absolute Gasteiger partial charge is 0.493 e. The number of rotatable bonds is 5. The topological polar surface area (TPSA) is 51.2 Å². The first kappa shape index (κ1) is 18.4. The molecule has 0 aromatic heterocycles. The van der Waals surface area contributed by atoms with Gasteiger partial charge in [0.25, 0.3) is 5.91 Å². The molecule has 6 nitrogen and oxygen atoms in total. The van der Waals surface area contributed by atoms with Crippen molar-refractivity contribution in [1.29, 1.82) is 0 Å². The summed E-state index contributed by atoms with van der Waals surface area (Å²) in [5.74, 6) is 1.67. The van der Waals surface area contributed by atoms with Crippen molar-refractivity contribution in [2.75, 3.05) is 38.4 Å². The predicted octanol–water partition coefficient (Wildman–Crippen LogP) is 3.19. The van der Waals surface area contributed by atoms with Crippen LogP contribution >= 0.6 is 0 Å². The van der Waals surface area contributed by atoms with Gasteiger partial charge in [-0.05, 0) is 57.1 Å². The van der Waals surface area contributed by atoms with Crippen LogP contribution < -0.4 is 14.4 Å². The van der Waals surface area contributed by atoms with E-state index in [0.29, 0.717) is 13.3 Å². The lowest BCUT2D eigenvalue weighted by Crippen LogP contribution is -2.43. The molecule has 1 aromatic carbocycles. The third kappa shape index (κ3) is 4.15. The second-order valence-electron chi connectivity index (χ2n) is 7.75. The van der Waals surface area contributed by atoms with E-state index in [1.807, 2.05) is 23.1 Å². The van der Waals surface area contributed by atoms with Crippen LogP contribution in [-0.2, 0) is 9.53 Å². The van der Waals surface area contributed by atoms with E-state index in [0.717, 1.165) is 56.0 Å². The smallest absolute Gasteiger partial charge is 0.253 e. The first-order valence-electron chi connectivity index (χ1n) is 10.2. The third-order valence-electron chi connectivity index (χ3n) is 5.87. The number of piperidine rings is 1. The summed E-state index contributed by atoms with van der Waals surface area (Å²) in [6, 6.07) is 5.98. The quantitative estimate of drug-likeness (QED) is 0.792. The average molecular weight is 374 g/mol. The second-order valence-corrected chi connectivity index (χ2v) is 7.75. The van der Waals surface area contributed by atoms with E-state index in [9.17, 15) is 4.79 Å². The molecule has 4 rings (SSSR count).